The van der Waals surface area contributed by atoms with Gasteiger partial charge in [0.25, 0.3) is 0 Å². The Balaban J connectivity index is 3.13. The minimum Gasteiger partial charge on any atom is -0.398 e. The number of nitrogens with two attached hydrogens (primary N) is 1. The van der Waals surface area contributed by atoms with E-state index in [2.05, 4.69) is 15.9 Å². The second-order valence-electron chi connectivity index (χ2n) is 3.13. The normalized spacial score (nSPS) is 11.5. The van der Waals surface area contributed by atoms with E-state index in [0.717, 1.165) is 0 Å². The van der Waals surface area contributed by atoms with E-state index >= 15 is 0 Å². The van der Waals surface area contributed by atoms with Gasteiger partial charge in [-0.05, 0) is 17.8 Å². The highest BCUT2D eigenvalue weighted by molar-refractivity contribution is 9.09. The maximum absolute atomic E-state index is 12.3. The van der Waals surface area contributed by atoms with E-state index in [0.29, 0.717) is 5.33 Å². The molecule has 0 aromatic heterocycles. The Bertz CT molecular complexity index is 423. The van der Waals surface area contributed by atoms with Crippen LogP contribution < -0.4 is 5.73 Å². The summed E-state index contributed by atoms with van der Waals surface area (Å²) in [4.78, 5) is 11.4. The fraction of sp³-hybridized carbons (Fsp3) is 0.300. The van der Waals surface area contributed by atoms with Crippen molar-refractivity contribution in [3.8, 4) is 0 Å². The van der Waals surface area contributed by atoms with Gasteiger partial charge in [0.1, 0.15) is 0 Å². The summed E-state index contributed by atoms with van der Waals surface area (Å²) in [5.41, 5.74) is 1.00. The van der Waals surface area contributed by atoms with Crippen LogP contribution in [0.2, 0.25) is 0 Å². The first-order chi connectivity index (χ1) is 7.85. The van der Waals surface area contributed by atoms with Gasteiger partial charge in [0.2, 0.25) is 0 Å². The minimum atomic E-state index is -4.46. The fourth-order valence-corrected chi connectivity index (χ4v) is 2.29. The molecule has 94 valence electrons. The number of alkyl halides is 4. The van der Waals surface area contributed by atoms with Gasteiger partial charge in [0.15, 0.2) is 5.78 Å². The fourth-order valence-electron chi connectivity index (χ4n) is 1.22. The number of carbonyl (C=O) groups is 1. The maximum Gasteiger partial charge on any atom is 0.446 e. The largest absolute Gasteiger partial charge is 0.446 e. The lowest BCUT2D eigenvalue weighted by Gasteiger charge is -2.12. The molecule has 0 saturated heterocycles. The molecule has 0 aliphatic heterocycles. The highest BCUT2D eigenvalue weighted by Crippen LogP contribution is 2.41. The number of nitrogen functional groups attached to an aromatic ring is 1. The minimum absolute atomic E-state index is 0.0202. The molecule has 17 heavy (non-hydrogen) atoms. The Kier molecular flexibility index (Phi) is 4.88. The number of hydrogen-bond donors (Lipinski definition) is 1. The van der Waals surface area contributed by atoms with Gasteiger partial charge in [0.05, 0.1) is 0 Å². The predicted molar refractivity (Wildman–Crippen MR) is 65.5 cm³/mol. The first-order valence-corrected chi connectivity index (χ1v) is 6.52. The molecule has 2 N–H and O–H groups in total. The van der Waals surface area contributed by atoms with Crippen LogP contribution in [0.15, 0.2) is 23.1 Å². The quantitative estimate of drug-likeness (QED) is 0.395. The van der Waals surface area contributed by atoms with Crippen LogP contribution in [-0.4, -0.2) is 16.6 Å². The van der Waals surface area contributed by atoms with Crippen molar-refractivity contribution in [3.05, 3.63) is 23.8 Å². The average Bonchev–Trinajstić information content (AvgIpc) is 2.19. The molecule has 0 spiro atoms. The molecule has 0 bridgehead atoms. The van der Waals surface area contributed by atoms with Crippen LogP contribution in [0.3, 0.4) is 0 Å². The summed E-state index contributed by atoms with van der Waals surface area (Å²) in [6.45, 7) is 0. The Morgan fingerprint density at radius 1 is 1.41 bits per heavy atom. The van der Waals surface area contributed by atoms with Gasteiger partial charge >= 0.3 is 5.51 Å². The van der Waals surface area contributed by atoms with Crippen molar-refractivity contribution in [2.75, 3.05) is 11.1 Å². The van der Waals surface area contributed by atoms with Crippen LogP contribution in [0.25, 0.3) is 0 Å². The van der Waals surface area contributed by atoms with E-state index in [-0.39, 0.29) is 40.1 Å². The Hall–Kier alpha value is -0.690. The molecule has 1 aromatic carbocycles. The number of carbonyl (C=O) groups excluding carboxylic acids is 1. The first kappa shape index (κ1) is 14.4. The molecule has 0 fully saturated rings. The van der Waals surface area contributed by atoms with Crippen molar-refractivity contribution in [1.29, 1.82) is 0 Å². The lowest BCUT2D eigenvalue weighted by molar-refractivity contribution is -0.0328. The Morgan fingerprint density at radius 2 is 2.06 bits per heavy atom. The van der Waals surface area contributed by atoms with Crippen molar-refractivity contribution in [3.63, 3.8) is 0 Å². The number of halogens is 4. The van der Waals surface area contributed by atoms with Crippen LogP contribution in [0, 0.1) is 0 Å². The first-order valence-electron chi connectivity index (χ1n) is 4.58. The van der Waals surface area contributed by atoms with Gasteiger partial charge < -0.3 is 5.73 Å². The van der Waals surface area contributed by atoms with Crippen molar-refractivity contribution in [2.24, 2.45) is 0 Å². The summed E-state index contributed by atoms with van der Waals surface area (Å²) < 4.78 is 37.0. The molecule has 0 radical (unpaired) electrons. The zero-order valence-corrected chi connectivity index (χ0v) is 11.0. The van der Waals surface area contributed by atoms with E-state index in [9.17, 15) is 18.0 Å². The smallest absolute Gasteiger partial charge is 0.398 e. The van der Waals surface area contributed by atoms with Crippen LogP contribution >= 0.6 is 27.7 Å². The molecule has 0 aliphatic rings. The molecule has 1 aromatic rings. The summed E-state index contributed by atoms with van der Waals surface area (Å²) in [6, 6.07) is 4.17. The van der Waals surface area contributed by atoms with Gasteiger partial charge in [-0.2, -0.15) is 13.2 Å². The van der Waals surface area contributed by atoms with E-state index in [1.807, 2.05) is 0 Å². The lowest BCUT2D eigenvalue weighted by atomic mass is 10.1. The van der Waals surface area contributed by atoms with E-state index in [4.69, 9.17) is 5.73 Å². The maximum atomic E-state index is 12.3. The number of anilines is 1. The van der Waals surface area contributed by atoms with Crippen LogP contribution in [0.1, 0.15) is 16.8 Å². The van der Waals surface area contributed by atoms with Gasteiger partial charge in [-0.1, -0.05) is 28.1 Å². The van der Waals surface area contributed by atoms with Crippen LogP contribution in [0.5, 0.6) is 0 Å². The Labute approximate surface area is 109 Å². The third-order valence-electron chi connectivity index (χ3n) is 1.89. The summed E-state index contributed by atoms with van der Waals surface area (Å²) in [5, 5.41) is 0.400. The van der Waals surface area contributed by atoms with Crippen molar-refractivity contribution in [2.45, 2.75) is 16.8 Å². The standard InChI is InChI=1S/C10H9BrF3NOS/c11-5-4-8(16)6-2-1-3-7(15)9(6)17-10(12,13)14/h1-3H,4-5,15H2. The molecule has 0 aliphatic carbocycles. The molecular weight excluding hydrogens is 319 g/mol. The average molecular weight is 328 g/mol. The highest BCUT2D eigenvalue weighted by Gasteiger charge is 2.32. The molecular formula is C10H9BrF3NOS. The van der Waals surface area contributed by atoms with Crippen LogP contribution in [0.4, 0.5) is 18.9 Å². The summed E-state index contributed by atoms with van der Waals surface area (Å²) in [7, 11) is 0. The molecule has 0 atom stereocenters. The zero-order chi connectivity index (χ0) is 13.1. The third-order valence-corrected chi connectivity index (χ3v) is 3.17. The number of ketones is 1. The van der Waals surface area contributed by atoms with Crippen LogP contribution in [-0.2, 0) is 0 Å². The van der Waals surface area contributed by atoms with E-state index < -0.39 is 5.51 Å². The molecule has 0 saturated carbocycles. The molecule has 2 nitrogen and oxygen atoms in total. The number of hydrogen-bond acceptors (Lipinski definition) is 3. The molecule has 0 amide bonds. The van der Waals surface area contributed by atoms with Crippen molar-refractivity contribution < 1.29 is 18.0 Å². The summed E-state index contributed by atoms with van der Waals surface area (Å²) >= 11 is 2.72. The highest BCUT2D eigenvalue weighted by atomic mass is 79.9. The van der Waals surface area contributed by atoms with Crippen molar-refractivity contribution >= 4 is 39.2 Å². The molecule has 1 rings (SSSR count). The molecule has 0 heterocycles. The molecule has 0 unspecified atom stereocenters. The van der Waals surface area contributed by atoms with Gasteiger partial charge in [-0.3, -0.25) is 4.79 Å². The van der Waals surface area contributed by atoms with Gasteiger partial charge in [-0.25, -0.2) is 0 Å². The second-order valence-corrected chi connectivity index (χ2v) is 5.00. The van der Waals surface area contributed by atoms with Crippen molar-refractivity contribution in [1.82, 2.24) is 0 Å². The lowest BCUT2D eigenvalue weighted by Crippen LogP contribution is -2.08. The predicted octanol–water partition coefficient (Wildman–Crippen LogP) is 3.85. The third kappa shape index (κ3) is 4.23. The summed E-state index contributed by atoms with van der Waals surface area (Å²) in [5.74, 6) is -0.360. The van der Waals surface area contributed by atoms with Gasteiger partial charge in [-0.15, -0.1) is 0 Å². The molecule has 7 heteroatoms. The number of Topliss-reactive ketones (excluding diaryl/α,β-unsaturated/α-hetero) is 1. The number of thioether (sulfide) groups is 1. The zero-order valence-electron chi connectivity index (χ0n) is 8.55. The van der Waals surface area contributed by atoms with E-state index in [1.54, 1.807) is 0 Å². The number of benzene rings is 1. The monoisotopic (exact) mass is 327 g/mol. The Morgan fingerprint density at radius 3 is 2.59 bits per heavy atom. The second kappa shape index (κ2) is 5.77. The summed E-state index contributed by atoms with van der Waals surface area (Å²) in [6.07, 6.45) is 0.134. The topological polar surface area (TPSA) is 43.1 Å². The SMILES string of the molecule is Nc1cccc(C(=O)CCBr)c1SC(F)(F)F. The van der Waals surface area contributed by atoms with Gasteiger partial charge in [0, 0.05) is 27.9 Å². The van der Waals surface area contributed by atoms with E-state index in [1.165, 1.54) is 18.2 Å². The number of rotatable bonds is 4.